The predicted octanol–water partition coefficient (Wildman–Crippen LogP) is 1.52. The van der Waals surface area contributed by atoms with Crippen LogP contribution in [0.1, 0.15) is 38.4 Å². The molecule has 2 N–H and O–H groups in total. The maximum atomic E-state index is 4.06. The zero-order valence-electron chi connectivity index (χ0n) is 8.92. The number of nitrogens with zero attached hydrogens (tertiary/aromatic N) is 2. The molecule has 0 atom stereocenters. The van der Waals surface area contributed by atoms with Crippen LogP contribution >= 0.6 is 0 Å². The van der Waals surface area contributed by atoms with Gasteiger partial charge in [-0.3, -0.25) is 5.10 Å². The SMILES string of the molecule is CCCCCCNCCc1ncn[nH]1. The molecule has 0 unspecified atom stereocenters. The van der Waals surface area contributed by atoms with Gasteiger partial charge in [-0.1, -0.05) is 26.2 Å². The molecular formula is C10H20N4. The van der Waals surface area contributed by atoms with Crippen LogP contribution < -0.4 is 5.32 Å². The minimum atomic E-state index is 0.938. The number of hydrogen-bond acceptors (Lipinski definition) is 3. The van der Waals surface area contributed by atoms with E-state index in [4.69, 9.17) is 0 Å². The van der Waals surface area contributed by atoms with Gasteiger partial charge in [-0.05, 0) is 13.0 Å². The Labute approximate surface area is 85.5 Å². The molecule has 14 heavy (non-hydrogen) atoms. The molecule has 80 valence electrons. The second-order valence-corrected chi connectivity index (χ2v) is 3.49. The topological polar surface area (TPSA) is 53.6 Å². The van der Waals surface area contributed by atoms with Crippen molar-refractivity contribution in [3.8, 4) is 0 Å². The number of H-pyrrole nitrogens is 1. The summed E-state index contributed by atoms with van der Waals surface area (Å²) < 4.78 is 0. The smallest absolute Gasteiger partial charge is 0.137 e. The van der Waals surface area contributed by atoms with Crippen molar-refractivity contribution in [3.05, 3.63) is 12.2 Å². The van der Waals surface area contributed by atoms with E-state index in [-0.39, 0.29) is 0 Å². The van der Waals surface area contributed by atoms with Crippen LogP contribution in [-0.4, -0.2) is 28.3 Å². The van der Waals surface area contributed by atoms with Crippen molar-refractivity contribution >= 4 is 0 Å². The quantitative estimate of drug-likeness (QED) is 0.620. The molecule has 0 spiro atoms. The Morgan fingerprint density at radius 1 is 1.29 bits per heavy atom. The zero-order chi connectivity index (χ0) is 10.1. The Kier molecular flexibility index (Phi) is 5.99. The van der Waals surface area contributed by atoms with Crippen molar-refractivity contribution in [2.75, 3.05) is 13.1 Å². The first kappa shape index (κ1) is 11.2. The van der Waals surface area contributed by atoms with Gasteiger partial charge < -0.3 is 5.32 Å². The normalized spacial score (nSPS) is 10.6. The van der Waals surface area contributed by atoms with E-state index in [9.17, 15) is 0 Å². The standard InChI is InChI=1S/C10H20N4/c1-2-3-4-5-7-11-8-6-10-12-9-13-14-10/h9,11H,2-8H2,1H3,(H,12,13,14). The maximum absolute atomic E-state index is 4.06. The lowest BCUT2D eigenvalue weighted by molar-refractivity contribution is 0.594. The molecular weight excluding hydrogens is 176 g/mol. The molecule has 0 aromatic carbocycles. The Hall–Kier alpha value is -0.900. The predicted molar refractivity (Wildman–Crippen MR) is 57.1 cm³/mol. The maximum Gasteiger partial charge on any atom is 0.137 e. The lowest BCUT2D eigenvalue weighted by Gasteiger charge is -2.02. The molecule has 1 heterocycles. The van der Waals surface area contributed by atoms with Crippen molar-refractivity contribution in [3.63, 3.8) is 0 Å². The van der Waals surface area contributed by atoms with Crippen LogP contribution in [0, 0.1) is 0 Å². The van der Waals surface area contributed by atoms with Gasteiger partial charge in [0.15, 0.2) is 0 Å². The van der Waals surface area contributed by atoms with Crippen LogP contribution in [0.4, 0.5) is 0 Å². The third-order valence-electron chi connectivity index (χ3n) is 2.21. The zero-order valence-corrected chi connectivity index (χ0v) is 8.92. The highest BCUT2D eigenvalue weighted by Gasteiger charge is 1.94. The molecule has 0 radical (unpaired) electrons. The lowest BCUT2D eigenvalue weighted by Crippen LogP contribution is -2.18. The van der Waals surface area contributed by atoms with Crippen molar-refractivity contribution in [2.24, 2.45) is 0 Å². The van der Waals surface area contributed by atoms with E-state index in [0.29, 0.717) is 0 Å². The first-order valence-corrected chi connectivity index (χ1v) is 5.48. The molecule has 0 aliphatic carbocycles. The largest absolute Gasteiger partial charge is 0.316 e. The van der Waals surface area contributed by atoms with Crippen LogP contribution in [-0.2, 0) is 6.42 Å². The molecule has 1 rings (SSSR count). The van der Waals surface area contributed by atoms with E-state index in [1.165, 1.54) is 25.7 Å². The van der Waals surface area contributed by atoms with E-state index in [2.05, 4.69) is 27.4 Å². The van der Waals surface area contributed by atoms with Crippen molar-refractivity contribution < 1.29 is 0 Å². The van der Waals surface area contributed by atoms with E-state index < -0.39 is 0 Å². The molecule has 0 aliphatic heterocycles. The molecule has 0 saturated carbocycles. The van der Waals surface area contributed by atoms with Gasteiger partial charge in [0.25, 0.3) is 0 Å². The highest BCUT2D eigenvalue weighted by Crippen LogP contribution is 1.96. The van der Waals surface area contributed by atoms with Gasteiger partial charge in [0.05, 0.1) is 0 Å². The van der Waals surface area contributed by atoms with E-state index >= 15 is 0 Å². The van der Waals surface area contributed by atoms with E-state index in [0.717, 1.165) is 25.3 Å². The minimum Gasteiger partial charge on any atom is -0.316 e. The molecule has 0 fully saturated rings. The van der Waals surface area contributed by atoms with Crippen LogP contribution in [0.2, 0.25) is 0 Å². The Bertz CT molecular complexity index is 208. The molecule has 1 aromatic rings. The van der Waals surface area contributed by atoms with Crippen molar-refractivity contribution in [1.82, 2.24) is 20.5 Å². The number of aromatic nitrogens is 3. The number of hydrogen-bond donors (Lipinski definition) is 2. The van der Waals surface area contributed by atoms with Gasteiger partial charge in [-0.2, -0.15) is 5.10 Å². The van der Waals surface area contributed by atoms with Gasteiger partial charge in [-0.25, -0.2) is 4.98 Å². The molecule has 0 amide bonds. The number of rotatable bonds is 8. The minimum absolute atomic E-state index is 0.938. The lowest BCUT2D eigenvalue weighted by atomic mass is 10.2. The fourth-order valence-electron chi connectivity index (χ4n) is 1.36. The molecule has 0 bridgehead atoms. The van der Waals surface area contributed by atoms with Crippen molar-refractivity contribution in [1.29, 1.82) is 0 Å². The van der Waals surface area contributed by atoms with Crippen LogP contribution in [0.15, 0.2) is 6.33 Å². The molecule has 0 saturated heterocycles. The van der Waals surface area contributed by atoms with Gasteiger partial charge in [-0.15, -0.1) is 0 Å². The second kappa shape index (κ2) is 7.50. The fraction of sp³-hybridized carbons (Fsp3) is 0.800. The first-order valence-electron chi connectivity index (χ1n) is 5.48. The Morgan fingerprint density at radius 3 is 2.93 bits per heavy atom. The van der Waals surface area contributed by atoms with Crippen LogP contribution in [0.3, 0.4) is 0 Å². The van der Waals surface area contributed by atoms with Crippen molar-refractivity contribution in [2.45, 2.75) is 39.0 Å². The third kappa shape index (κ3) is 4.97. The van der Waals surface area contributed by atoms with Gasteiger partial charge in [0.1, 0.15) is 12.2 Å². The van der Waals surface area contributed by atoms with Crippen LogP contribution in [0.25, 0.3) is 0 Å². The summed E-state index contributed by atoms with van der Waals surface area (Å²) in [4.78, 5) is 4.06. The van der Waals surface area contributed by atoms with Crippen LogP contribution in [0.5, 0.6) is 0 Å². The Morgan fingerprint density at radius 2 is 2.21 bits per heavy atom. The molecule has 0 aliphatic rings. The second-order valence-electron chi connectivity index (χ2n) is 3.49. The van der Waals surface area contributed by atoms with E-state index in [1.807, 2.05) is 0 Å². The highest BCUT2D eigenvalue weighted by atomic mass is 15.2. The van der Waals surface area contributed by atoms with Gasteiger partial charge in [0.2, 0.25) is 0 Å². The Balaban J connectivity index is 1.85. The summed E-state index contributed by atoms with van der Waals surface area (Å²) in [6.45, 7) is 4.34. The van der Waals surface area contributed by atoms with Gasteiger partial charge >= 0.3 is 0 Å². The van der Waals surface area contributed by atoms with E-state index in [1.54, 1.807) is 6.33 Å². The summed E-state index contributed by atoms with van der Waals surface area (Å²) in [7, 11) is 0. The summed E-state index contributed by atoms with van der Waals surface area (Å²) in [5, 5.41) is 10.0. The van der Waals surface area contributed by atoms with Gasteiger partial charge in [0, 0.05) is 13.0 Å². The highest BCUT2D eigenvalue weighted by molar-refractivity contribution is 4.80. The summed E-state index contributed by atoms with van der Waals surface area (Å²) in [5.74, 6) is 0.964. The summed E-state index contributed by atoms with van der Waals surface area (Å²) in [6, 6.07) is 0. The summed E-state index contributed by atoms with van der Waals surface area (Å²) in [6.07, 6.45) is 7.77. The average Bonchev–Trinajstić information content (AvgIpc) is 2.69. The first-order chi connectivity index (χ1) is 6.93. The monoisotopic (exact) mass is 196 g/mol. The fourth-order valence-corrected chi connectivity index (χ4v) is 1.36. The number of aromatic amines is 1. The summed E-state index contributed by atoms with van der Waals surface area (Å²) in [5.41, 5.74) is 0. The number of nitrogens with one attached hydrogen (secondary N) is 2. The molecule has 4 heteroatoms. The number of unbranched alkanes of at least 4 members (excludes halogenated alkanes) is 3. The third-order valence-corrected chi connectivity index (χ3v) is 2.21. The summed E-state index contributed by atoms with van der Waals surface area (Å²) >= 11 is 0. The molecule has 1 aromatic heterocycles. The average molecular weight is 196 g/mol. The molecule has 4 nitrogen and oxygen atoms in total.